The summed E-state index contributed by atoms with van der Waals surface area (Å²) in [6.45, 7) is 3.54. The van der Waals surface area contributed by atoms with Crippen molar-refractivity contribution in [2.24, 2.45) is 0 Å². The minimum Gasteiger partial charge on any atom is -0.455 e. The molecule has 1 amide bonds. The molecule has 1 heterocycles. The van der Waals surface area contributed by atoms with Gasteiger partial charge in [-0.15, -0.1) is 0 Å². The number of hydrogen-bond acceptors (Lipinski definition) is 3. The molecule has 0 radical (unpaired) electrons. The highest BCUT2D eigenvalue weighted by Gasteiger charge is 2.10. The summed E-state index contributed by atoms with van der Waals surface area (Å²) in [6, 6.07) is 13.3. The molecule has 0 bridgehead atoms. The number of halogens is 1. The van der Waals surface area contributed by atoms with Crippen LogP contribution < -0.4 is 10.1 Å². The molecule has 0 aliphatic rings. The topological polar surface area (TPSA) is 51.2 Å². The van der Waals surface area contributed by atoms with Crippen LogP contribution in [0, 0.1) is 19.7 Å². The van der Waals surface area contributed by atoms with Crippen molar-refractivity contribution >= 4 is 11.6 Å². The number of nitrogens with zero attached hydrogens (tertiary/aromatic N) is 1. The Hall–Kier alpha value is -3.21. The van der Waals surface area contributed by atoms with Crippen LogP contribution >= 0.6 is 0 Å². The van der Waals surface area contributed by atoms with E-state index in [4.69, 9.17) is 4.74 Å². The largest absolute Gasteiger partial charge is 0.455 e. The van der Waals surface area contributed by atoms with Gasteiger partial charge in [0.1, 0.15) is 17.3 Å². The van der Waals surface area contributed by atoms with Gasteiger partial charge in [-0.1, -0.05) is 6.07 Å². The predicted molar refractivity (Wildman–Crippen MR) is 94.6 cm³/mol. The molecule has 0 fully saturated rings. The number of amides is 1. The minimum absolute atomic E-state index is 0.274. The van der Waals surface area contributed by atoms with Crippen molar-refractivity contribution in [3.63, 3.8) is 0 Å². The van der Waals surface area contributed by atoms with E-state index in [1.54, 1.807) is 55.7 Å². The van der Waals surface area contributed by atoms with Gasteiger partial charge in [-0.3, -0.25) is 9.78 Å². The van der Waals surface area contributed by atoms with Crippen LogP contribution in [0.2, 0.25) is 0 Å². The van der Waals surface area contributed by atoms with Crippen LogP contribution in [0.3, 0.4) is 0 Å². The fourth-order valence-electron chi connectivity index (χ4n) is 2.31. The molecule has 0 saturated heterocycles. The Labute approximate surface area is 145 Å². The minimum atomic E-state index is -0.399. The number of nitrogens with one attached hydrogen (secondary N) is 1. The Morgan fingerprint density at radius 2 is 1.92 bits per heavy atom. The van der Waals surface area contributed by atoms with Crippen LogP contribution in [-0.4, -0.2) is 10.9 Å². The smallest absolute Gasteiger partial charge is 0.255 e. The maximum atomic E-state index is 13.6. The number of hydrogen-bond donors (Lipinski definition) is 1. The summed E-state index contributed by atoms with van der Waals surface area (Å²) in [5.74, 6) is 0.549. The Kier molecular flexibility index (Phi) is 4.75. The van der Waals surface area contributed by atoms with Crippen molar-refractivity contribution in [3.05, 3.63) is 83.4 Å². The lowest BCUT2D eigenvalue weighted by Gasteiger charge is -2.11. The normalized spacial score (nSPS) is 10.4. The third kappa shape index (κ3) is 4.01. The van der Waals surface area contributed by atoms with E-state index in [-0.39, 0.29) is 11.5 Å². The summed E-state index contributed by atoms with van der Waals surface area (Å²) in [5, 5.41) is 2.76. The van der Waals surface area contributed by atoms with E-state index >= 15 is 0 Å². The Morgan fingerprint density at radius 3 is 2.60 bits per heavy atom. The molecule has 25 heavy (non-hydrogen) atoms. The molecule has 0 spiro atoms. The number of aromatic nitrogens is 1. The Bertz CT molecular complexity index is 911. The molecule has 0 unspecified atom stereocenters. The molecule has 126 valence electrons. The van der Waals surface area contributed by atoms with E-state index in [1.807, 2.05) is 13.0 Å². The predicted octanol–water partition coefficient (Wildman–Crippen LogP) is 4.88. The summed E-state index contributed by atoms with van der Waals surface area (Å²) >= 11 is 0. The van der Waals surface area contributed by atoms with Crippen LogP contribution in [0.15, 0.2) is 60.9 Å². The Morgan fingerprint density at radius 1 is 1.08 bits per heavy atom. The van der Waals surface area contributed by atoms with Crippen molar-refractivity contribution in [1.82, 2.24) is 4.98 Å². The van der Waals surface area contributed by atoms with Gasteiger partial charge in [0.25, 0.3) is 5.91 Å². The second-order valence-electron chi connectivity index (χ2n) is 5.69. The number of ether oxygens (including phenoxy) is 1. The fraction of sp³-hybridized carbons (Fsp3) is 0.100. The number of anilines is 1. The number of pyridine rings is 1. The van der Waals surface area contributed by atoms with Crippen molar-refractivity contribution < 1.29 is 13.9 Å². The van der Waals surface area contributed by atoms with Gasteiger partial charge in [0.2, 0.25) is 0 Å². The second-order valence-corrected chi connectivity index (χ2v) is 5.69. The van der Waals surface area contributed by atoms with E-state index in [2.05, 4.69) is 10.3 Å². The molecule has 2 aromatic carbocycles. The quantitative estimate of drug-likeness (QED) is 0.738. The van der Waals surface area contributed by atoms with Crippen LogP contribution in [-0.2, 0) is 0 Å². The molecule has 0 saturated carbocycles. The number of carbonyl (C=O) groups excluding carboxylic acids is 1. The van der Waals surface area contributed by atoms with E-state index in [1.165, 1.54) is 6.07 Å². The molecular weight excluding hydrogens is 319 g/mol. The average molecular weight is 336 g/mol. The highest BCUT2D eigenvalue weighted by atomic mass is 19.1. The number of carbonyl (C=O) groups is 1. The standard InChI is InChI=1S/C20H17FN2O2/c1-13-5-6-15(11-18(13)21)20(24)23-16-7-8-19(14(2)10-16)25-17-4-3-9-22-12-17/h3-12H,1-2H3,(H,23,24). The second kappa shape index (κ2) is 7.13. The van der Waals surface area contributed by atoms with Crippen molar-refractivity contribution in [2.75, 3.05) is 5.32 Å². The van der Waals surface area contributed by atoms with Gasteiger partial charge in [0.05, 0.1) is 6.20 Å². The molecule has 0 aliphatic heterocycles. The molecule has 1 aromatic heterocycles. The van der Waals surface area contributed by atoms with Gasteiger partial charge < -0.3 is 10.1 Å². The summed E-state index contributed by atoms with van der Waals surface area (Å²) in [4.78, 5) is 16.2. The van der Waals surface area contributed by atoms with Crippen molar-refractivity contribution in [2.45, 2.75) is 13.8 Å². The average Bonchev–Trinajstić information content (AvgIpc) is 2.60. The maximum absolute atomic E-state index is 13.6. The van der Waals surface area contributed by atoms with Gasteiger partial charge in [-0.25, -0.2) is 4.39 Å². The summed E-state index contributed by atoms with van der Waals surface area (Å²) in [7, 11) is 0. The number of aryl methyl sites for hydroxylation is 2. The highest BCUT2D eigenvalue weighted by molar-refractivity contribution is 6.04. The molecule has 3 aromatic rings. The first-order chi connectivity index (χ1) is 12.0. The Balaban J connectivity index is 1.74. The van der Waals surface area contributed by atoms with Crippen molar-refractivity contribution in [1.29, 1.82) is 0 Å². The first-order valence-corrected chi connectivity index (χ1v) is 7.79. The van der Waals surface area contributed by atoms with E-state index < -0.39 is 5.82 Å². The highest BCUT2D eigenvalue weighted by Crippen LogP contribution is 2.27. The molecule has 0 atom stereocenters. The molecule has 5 heteroatoms. The van der Waals surface area contributed by atoms with E-state index in [9.17, 15) is 9.18 Å². The molecule has 3 rings (SSSR count). The van der Waals surface area contributed by atoms with Crippen LogP contribution in [0.5, 0.6) is 11.5 Å². The molecule has 0 aliphatic carbocycles. The van der Waals surface area contributed by atoms with Gasteiger partial charge in [-0.05, 0) is 67.4 Å². The van der Waals surface area contributed by atoms with E-state index in [0.29, 0.717) is 22.7 Å². The maximum Gasteiger partial charge on any atom is 0.255 e. The van der Waals surface area contributed by atoms with Gasteiger partial charge >= 0.3 is 0 Å². The zero-order valence-corrected chi connectivity index (χ0v) is 13.9. The summed E-state index contributed by atoms with van der Waals surface area (Å²) in [5.41, 5.74) is 2.25. The monoisotopic (exact) mass is 336 g/mol. The van der Waals surface area contributed by atoms with Crippen LogP contribution in [0.1, 0.15) is 21.5 Å². The number of benzene rings is 2. The molecular formula is C20H17FN2O2. The first kappa shape index (κ1) is 16.6. The zero-order chi connectivity index (χ0) is 17.8. The number of rotatable bonds is 4. The van der Waals surface area contributed by atoms with Gasteiger partial charge in [0, 0.05) is 17.4 Å². The lowest BCUT2D eigenvalue weighted by Crippen LogP contribution is -2.12. The van der Waals surface area contributed by atoms with Gasteiger partial charge in [-0.2, -0.15) is 0 Å². The SMILES string of the molecule is Cc1ccc(C(=O)Nc2ccc(Oc3cccnc3)c(C)c2)cc1F. The summed E-state index contributed by atoms with van der Waals surface area (Å²) in [6.07, 6.45) is 3.30. The summed E-state index contributed by atoms with van der Waals surface area (Å²) < 4.78 is 19.4. The molecule has 1 N–H and O–H groups in total. The fourth-order valence-corrected chi connectivity index (χ4v) is 2.31. The van der Waals surface area contributed by atoms with Gasteiger partial charge in [0.15, 0.2) is 0 Å². The first-order valence-electron chi connectivity index (χ1n) is 7.79. The van der Waals surface area contributed by atoms with E-state index in [0.717, 1.165) is 5.56 Å². The molecule has 4 nitrogen and oxygen atoms in total. The van der Waals surface area contributed by atoms with Crippen LogP contribution in [0.25, 0.3) is 0 Å². The van der Waals surface area contributed by atoms with Crippen molar-refractivity contribution in [3.8, 4) is 11.5 Å². The third-order valence-electron chi connectivity index (χ3n) is 3.73. The van der Waals surface area contributed by atoms with Crippen LogP contribution in [0.4, 0.5) is 10.1 Å². The lowest BCUT2D eigenvalue weighted by molar-refractivity contribution is 0.102. The zero-order valence-electron chi connectivity index (χ0n) is 13.9. The third-order valence-corrected chi connectivity index (χ3v) is 3.73. The lowest BCUT2D eigenvalue weighted by atomic mass is 10.1.